The van der Waals surface area contributed by atoms with Crippen LogP contribution in [0.1, 0.15) is 38.7 Å². The SMILES string of the molecule is CCCNc1nc(Nc2ccnc(OC)c2)ncc1C#C[C@H]1C[C@H](NC(=O)[C@H](C)N(C)C(=O)/C=C/CN(C)C)C1. The van der Waals surface area contributed by atoms with Gasteiger partial charge in [0.05, 0.1) is 18.9 Å². The molecule has 0 aromatic carbocycles. The van der Waals surface area contributed by atoms with Gasteiger partial charge in [-0.05, 0) is 46.3 Å². The Hall–Kier alpha value is -4.17. The molecule has 0 bridgehead atoms. The van der Waals surface area contributed by atoms with E-state index in [0.29, 0.717) is 24.2 Å². The molecule has 214 valence electrons. The molecule has 2 aromatic heterocycles. The van der Waals surface area contributed by atoms with Gasteiger partial charge in [-0.3, -0.25) is 9.59 Å². The van der Waals surface area contributed by atoms with Crippen molar-refractivity contribution in [2.24, 2.45) is 5.92 Å². The lowest BCUT2D eigenvalue weighted by molar-refractivity contribution is -0.135. The van der Waals surface area contributed by atoms with Crippen molar-refractivity contribution in [1.82, 2.24) is 30.1 Å². The molecule has 3 N–H and O–H groups in total. The molecule has 11 heteroatoms. The molecule has 0 unspecified atom stereocenters. The number of nitrogens with zero attached hydrogens (tertiary/aromatic N) is 5. The van der Waals surface area contributed by atoms with Crippen LogP contribution in [0.15, 0.2) is 36.7 Å². The molecule has 40 heavy (non-hydrogen) atoms. The van der Waals surface area contributed by atoms with Gasteiger partial charge < -0.3 is 30.5 Å². The van der Waals surface area contributed by atoms with Gasteiger partial charge in [0.25, 0.3) is 0 Å². The zero-order chi connectivity index (χ0) is 29.1. The standard InChI is InChI=1S/C29H40N8O3/c1-7-13-31-27-22(19-32-29(35-27)34-23-12-14-30-25(18-23)40-6)11-10-21-16-24(17-21)33-28(39)20(2)37(5)26(38)9-8-15-36(3)4/h8-9,12,14,18-21,24H,7,13,15-17H2,1-6H3,(H,33,39)(H2,30,31,32,34,35)/b9-8+/t20-,21-,24-/m0/s1. The zero-order valence-corrected chi connectivity index (χ0v) is 24.2. The van der Waals surface area contributed by atoms with E-state index in [2.05, 4.69) is 49.7 Å². The number of hydrogen-bond donors (Lipinski definition) is 3. The lowest BCUT2D eigenvalue weighted by Gasteiger charge is -2.34. The Morgan fingerprint density at radius 1 is 1.25 bits per heavy atom. The fourth-order valence-corrected chi connectivity index (χ4v) is 3.84. The quantitative estimate of drug-likeness (QED) is 0.271. The predicted octanol–water partition coefficient (Wildman–Crippen LogP) is 2.66. The fraction of sp³-hybridized carbons (Fsp3) is 0.483. The first-order valence-corrected chi connectivity index (χ1v) is 13.5. The number of amides is 2. The molecule has 1 atom stereocenters. The molecule has 11 nitrogen and oxygen atoms in total. The van der Waals surface area contributed by atoms with Crippen molar-refractivity contribution in [1.29, 1.82) is 0 Å². The van der Waals surface area contributed by atoms with E-state index in [-0.39, 0.29) is 23.8 Å². The summed E-state index contributed by atoms with van der Waals surface area (Å²) in [5, 5.41) is 9.54. The third-order valence-corrected chi connectivity index (χ3v) is 6.47. The minimum Gasteiger partial charge on any atom is -0.481 e. The number of carbonyl (C=O) groups excluding carboxylic acids is 2. The number of methoxy groups -OCH3 is 1. The Balaban J connectivity index is 1.55. The van der Waals surface area contributed by atoms with Crippen LogP contribution in [0.4, 0.5) is 17.5 Å². The average molecular weight is 549 g/mol. The van der Waals surface area contributed by atoms with Crippen molar-refractivity contribution in [3.05, 3.63) is 42.2 Å². The van der Waals surface area contributed by atoms with Crippen molar-refractivity contribution in [2.75, 3.05) is 52.0 Å². The van der Waals surface area contributed by atoms with Gasteiger partial charge in [-0.15, -0.1) is 0 Å². The van der Waals surface area contributed by atoms with Gasteiger partial charge in [-0.1, -0.05) is 24.8 Å². The van der Waals surface area contributed by atoms with Crippen molar-refractivity contribution in [3.8, 4) is 17.7 Å². The smallest absolute Gasteiger partial charge is 0.246 e. The van der Waals surface area contributed by atoms with Gasteiger partial charge in [0, 0.05) is 56.1 Å². The van der Waals surface area contributed by atoms with Crippen LogP contribution in [0, 0.1) is 17.8 Å². The van der Waals surface area contributed by atoms with E-state index >= 15 is 0 Å². The molecule has 2 aromatic rings. The molecule has 0 radical (unpaired) electrons. The number of likely N-dealkylation sites (N-methyl/N-ethyl adjacent to an activating group) is 2. The van der Waals surface area contributed by atoms with E-state index in [1.165, 1.54) is 11.0 Å². The van der Waals surface area contributed by atoms with E-state index in [1.807, 2.05) is 25.1 Å². The monoisotopic (exact) mass is 548 g/mol. The fourth-order valence-electron chi connectivity index (χ4n) is 3.84. The highest BCUT2D eigenvalue weighted by molar-refractivity contribution is 5.92. The molecule has 2 heterocycles. The third-order valence-electron chi connectivity index (χ3n) is 6.47. The van der Waals surface area contributed by atoms with Crippen LogP contribution in [-0.2, 0) is 9.59 Å². The summed E-state index contributed by atoms with van der Waals surface area (Å²) < 4.78 is 5.17. The van der Waals surface area contributed by atoms with Crippen LogP contribution in [0.2, 0.25) is 0 Å². The summed E-state index contributed by atoms with van der Waals surface area (Å²) in [5.41, 5.74) is 1.48. The first-order chi connectivity index (χ1) is 19.2. The number of hydrogen-bond acceptors (Lipinski definition) is 9. The Labute approximate surface area is 236 Å². The van der Waals surface area contributed by atoms with Crippen molar-refractivity contribution in [3.63, 3.8) is 0 Å². The van der Waals surface area contributed by atoms with E-state index in [0.717, 1.165) is 37.1 Å². The number of pyridine rings is 1. The van der Waals surface area contributed by atoms with Gasteiger partial charge in [0.15, 0.2) is 0 Å². The molecule has 1 saturated carbocycles. The van der Waals surface area contributed by atoms with Crippen LogP contribution in [0.5, 0.6) is 5.88 Å². The minimum atomic E-state index is -0.564. The molecule has 0 saturated heterocycles. The number of ether oxygens (including phenoxy) is 1. The van der Waals surface area contributed by atoms with E-state index < -0.39 is 6.04 Å². The summed E-state index contributed by atoms with van der Waals surface area (Å²) in [6.07, 6.45) is 9.10. The van der Waals surface area contributed by atoms with Gasteiger partial charge in [-0.2, -0.15) is 4.98 Å². The number of rotatable bonds is 12. The average Bonchev–Trinajstić information content (AvgIpc) is 2.92. The topological polar surface area (TPSA) is 125 Å². The first-order valence-electron chi connectivity index (χ1n) is 13.5. The molecular formula is C29H40N8O3. The van der Waals surface area contributed by atoms with E-state index in [4.69, 9.17) is 4.74 Å². The molecular weight excluding hydrogens is 508 g/mol. The Bertz CT molecular complexity index is 1250. The lowest BCUT2D eigenvalue weighted by Crippen LogP contribution is -2.51. The van der Waals surface area contributed by atoms with Crippen molar-refractivity contribution in [2.45, 2.75) is 45.2 Å². The first kappa shape index (κ1) is 30.4. The third kappa shape index (κ3) is 8.95. The van der Waals surface area contributed by atoms with Crippen molar-refractivity contribution >= 4 is 29.3 Å². The minimum absolute atomic E-state index is 0.0416. The summed E-state index contributed by atoms with van der Waals surface area (Å²) in [6, 6.07) is 3.05. The van der Waals surface area contributed by atoms with E-state index in [9.17, 15) is 9.59 Å². The van der Waals surface area contributed by atoms with E-state index in [1.54, 1.807) is 45.6 Å². The molecule has 1 aliphatic rings. The highest BCUT2D eigenvalue weighted by Crippen LogP contribution is 2.27. The second-order valence-corrected chi connectivity index (χ2v) is 10.0. The summed E-state index contributed by atoms with van der Waals surface area (Å²) in [4.78, 5) is 41.6. The van der Waals surface area contributed by atoms with Gasteiger partial charge in [0.2, 0.25) is 23.6 Å². The Morgan fingerprint density at radius 2 is 2.02 bits per heavy atom. The number of anilines is 3. The van der Waals surface area contributed by atoms with Crippen LogP contribution >= 0.6 is 0 Å². The van der Waals surface area contributed by atoms with Gasteiger partial charge in [0.1, 0.15) is 11.9 Å². The molecule has 1 aliphatic carbocycles. The largest absolute Gasteiger partial charge is 0.481 e. The highest BCUT2D eigenvalue weighted by atomic mass is 16.5. The normalized spacial score (nSPS) is 16.9. The molecule has 1 fully saturated rings. The molecule has 0 aliphatic heterocycles. The van der Waals surface area contributed by atoms with Gasteiger partial charge >= 0.3 is 0 Å². The van der Waals surface area contributed by atoms with Crippen LogP contribution in [0.3, 0.4) is 0 Å². The summed E-state index contributed by atoms with van der Waals surface area (Å²) in [5.74, 6) is 7.92. The van der Waals surface area contributed by atoms with Crippen LogP contribution in [-0.4, -0.2) is 90.0 Å². The maximum absolute atomic E-state index is 12.7. The van der Waals surface area contributed by atoms with Gasteiger partial charge in [-0.25, -0.2) is 9.97 Å². The molecule has 2 amide bonds. The molecule has 0 spiro atoms. The summed E-state index contributed by atoms with van der Waals surface area (Å²) >= 11 is 0. The second kappa shape index (κ2) is 14.8. The number of carbonyl (C=O) groups is 2. The molecule has 3 rings (SSSR count). The maximum Gasteiger partial charge on any atom is 0.246 e. The predicted molar refractivity (Wildman–Crippen MR) is 156 cm³/mol. The second-order valence-electron chi connectivity index (χ2n) is 10.0. The lowest BCUT2D eigenvalue weighted by atomic mass is 9.80. The van der Waals surface area contributed by atoms with Crippen molar-refractivity contribution < 1.29 is 14.3 Å². The zero-order valence-electron chi connectivity index (χ0n) is 24.2. The highest BCUT2D eigenvalue weighted by Gasteiger charge is 2.31. The van der Waals surface area contributed by atoms with Crippen LogP contribution in [0.25, 0.3) is 0 Å². The van der Waals surface area contributed by atoms with Crippen LogP contribution < -0.4 is 20.7 Å². The number of aromatic nitrogens is 3. The Kier molecular flexibility index (Phi) is 11.3. The maximum atomic E-state index is 12.7. The Morgan fingerprint density at radius 3 is 2.73 bits per heavy atom. The number of nitrogens with one attached hydrogen (secondary N) is 3. The summed E-state index contributed by atoms with van der Waals surface area (Å²) in [7, 11) is 7.06. The summed E-state index contributed by atoms with van der Waals surface area (Å²) in [6.45, 7) is 5.24.